The molecule has 1 aromatic heterocycles. The molecule has 0 spiro atoms. The molecule has 0 aromatic carbocycles. The summed E-state index contributed by atoms with van der Waals surface area (Å²) in [6, 6.07) is 3.96. The van der Waals surface area contributed by atoms with Gasteiger partial charge in [0.25, 0.3) is 0 Å². The molecule has 2 N–H and O–H groups in total. The van der Waals surface area contributed by atoms with Crippen LogP contribution in [0.2, 0.25) is 0 Å². The molecule has 5 nitrogen and oxygen atoms in total. The third kappa shape index (κ3) is 7.25. The van der Waals surface area contributed by atoms with Gasteiger partial charge < -0.3 is 19.8 Å². The highest BCUT2D eigenvalue weighted by atomic mass is 32.2. The molecular formula is C13H22N2O3S. The van der Waals surface area contributed by atoms with E-state index in [1.165, 1.54) is 0 Å². The van der Waals surface area contributed by atoms with Crippen LogP contribution < -0.4 is 10.6 Å². The molecule has 0 aliphatic rings. The fourth-order valence-electron chi connectivity index (χ4n) is 1.53. The molecule has 1 rings (SSSR count). The number of carbonyl (C=O) groups excluding carboxylic acids is 1. The van der Waals surface area contributed by atoms with Crippen molar-refractivity contribution in [3.63, 3.8) is 0 Å². The fourth-order valence-corrected chi connectivity index (χ4v) is 1.97. The van der Waals surface area contributed by atoms with E-state index in [9.17, 15) is 4.79 Å². The Morgan fingerprint density at radius 2 is 2.16 bits per heavy atom. The molecule has 108 valence electrons. The number of thioether (sulfide) groups is 1. The third-order valence-corrected chi connectivity index (χ3v) is 3.03. The first-order valence-electron chi connectivity index (χ1n) is 6.29. The minimum atomic E-state index is 0.0343. The summed E-state index contributed by atoms with van der Waals surface area (Å²) < 4.78 is 10.5. The van der Waals surface area contributed by atoms with Gasteiger partial charge in [-0.3, -0.25) is 4.79 Å². The molecule has 1 amide bonds. The van der Waals surface area contributed by atoms with Gasteiger partial charge in [-0.15, -0.1) is 0 Å². The summed E-state index contributed by atoms with van der Waals surface area (Å²) in [5, 5.41) is 5.96. The lowest BCUT2D eigenvalue weighted by Crippen LogP contribution is -2.29. The van der Waals surface area contributed by atoms with Gasteiger partial charge in [0.1, 0.15) is 11.5 Å². The van der Waals surface area contributed by atoms with E-state index < -0.39 is 0 Å². The number of furan rings is 1. The van der Waals surface area contributed by atoms with E-state index >= 15 is 0 Å². The normalized spacial score (nSPS) is 10.6. The average Bonchev–Trinajstić information content (AvgIpc) is 2.83. The Kier molecular flexibility index (Phi) is 8.36. The van der Waals surface area contributed by atoms with E-state index in [1.54, 1.807) is 18.9 Å². The largest absolute Gasteiger partial charge is 0.464 e. The van der Waals surface area contributed by atoms with Crippen molar-refractivity contribution in [2.75, 3.05) is 33.1 Å². The lowest BCUT2D eigenvalue weighted by atomic mass is 10.3. The van der Waals surface area contributed by atoms with Gasteiger partial charge in [0.2, 0.25) is 5.91 Å². The first kappa shape index (κ1) is 16.1. The Hall–Kier alpha value is -0.980. The van der Waals surface area contributed by atoms with Crippen molar-refractivity contribution >= 4 is 17.7 Å². The smallest absolute Gasteiger partial charge is 0.221 e. The van der Waals surface area contributed by atoms with Gasteiger partial charge in [-0.05, 0) is 18.4 Å². The number of amides is 1. The number of hydrogen-bond acceptors (Lipinski definition) is 5. The molecule has 0 aliphatic carbocycles. The molecule has 19 heavy (non-hydrogen) atoms. The second-order valence-electron chi connectivity index (χ2n) is 4.07. The van der Waals surface area contributed by atoms with Crippen molar-refractivity contribution < 1.29 is 13.9 Å². The summed E-state index contributed by atoms with van der Waals surface area (Å²) in [5.41, 5.74) is 0. The minimum absolute atomic E-state index is 0.0343. The Balaban J connectivity index is 2.07. The quantitative estimate of drug-likeness (QED) is 0.636. The predicted octanol–water partition coefficient (Wildman–Crippen LogP) is 1.38. The van der Waals surface area contributed by atoms with Gasteiger partial charge in [-0.25, -0.2) is 0 Å². The molecule has 1 aromatic rings. The second-order valence-corrected chi connectivity index (χ2v) is 4.94. The lowest BCUT2D eigenvalue weighted by Gasteiger charge is -2.05. The highest BCUT2D eigenvalue weighted by Crippen LogP contribution is 2.12. The molecule has 0 saturated heterocycles. The summed E-state index contributed by atoms with van der Waals surface area (Å²) in [5.74, 6) is 2.82. The first-order chi connectivity index (χ1) is 9.26. The third-order valence-electron chi connectivity index (χ3n) is 2.46. The van der Waals surface area contributed by atoms with Crippen molar-refractivity contribution in [3.8, 4) is 0 Å². The Bertz CT molecular complexity index is 369. The first-order valence-corrected chi connectivity index (χ1v) is 7.68. The van der Waals surface area contributed by atoms with Crippen LogP contribution in [-0.2, 0) is 21.8 Å². The average molecular weight is 286 g/mol. The number of carbonyl (C=O) groups is 1. The lowest BCUT2D eigenvalue weighted by molar-refractivity contribution is -0.121. The van der Waals surface area contributed by atoms with Crippen LogP contribution in [0.4, 0.5) is 0 Å². The maximum absolute atomic E-state index is 11.4. The molecule has 0 radical (unpaired) electrons. The van der Waals surface area contributed by atoms with Crippen LogP contribution in [0.3, 0.4) is 0 Å². The van der Waals surface area contributed by atoms with Crippen LogP contribution in [-0.4, -0.2) is 39.0 Å². The molecular weight excluding hydrogens is 264 g/mol. The Morgan fingerprint density at radius 3 is 2.89 bits per heavy atom. The molecule has 0 fully saturated rings. The zero-order chi connectivity index (χ0) is 13.9. The number of methoxy groups -OCH3 is 1. The molecule has 1 heterocycles. The molecule has 0 atom stereocenters. The van der Waals surface area contributed by atoms with Crippen LogP contribution in [0, 0.1) is 0 Å². The Labute approximate surface area is 118 Å². The van der Waals surface area contributed by atoms with E-state index in [-0.39, 0.29) is 5.91 Å². The van der Waals surface area contributed by atoms with E-state index in [2.05, 4.69) is 10.6 Å². The van der Waals surface area contributed by atoms with E-state index in [1.807, 2.05) is 18.4 Å². The van der Waals surface area contributed by atoms with Crippen LogP contribution in [0.25, 0.3) is 0 Å². The van der Waals surface area contributed by atoms with Crippen molar-refractivity contribution in [3.05, 3.63) is 23.7 Å². The minimum Gasteiger partial charge on any atom is -0.464 e. The second kappa shape index (κ2) is 9.89. The summed E-state index contributed by atoms with van der Waals surface area (Å²) >= 11 is 1.73. The zero-order valence-corrected chi connectivity index (χ0v) is 12.3. The van der Waals surface area contributed by atoms with Crippen LogP contribution >= 0.6 is 11.8 Å². The molecule has 0 unspecified atom stereocenters. The molecule has 0 aliphatic heterocycles. The maximum atomic E-state index is 11.4. The molecule has 0 bridgehead atoms. The standard InChI is InChI=1S/C13H22N2O3S/c1-17-8-7-15-13(16)5-6-14-9-11-3-4-12(18-11)10-19-2/h3-4,14H,5-10H2,1-2H3,(H,15,16). The Morgan fingerprint density at radius 1 is 1.37 bits per heavy atom. The van der Waals surface area contributed by atoms with E-state index in [4.69, 9.17) is 9.15 Å². The van der Waals surface area contributed by atoms with Crippen LogP contribution in [0.5, 0.6) is 0 Å². The summed E-state index contributed by atoms with van der Waals surface area (Å²) in [7, 11) is 1.61. The van der Waals surface area contributed by atoms with Gasteiger partial charge in [0, 0.05) is 26.6 Å². The van der Waals surface area contributed by atoms with Crippen molar-refractivity contribution in [1.29, 1.82) is 0 Å². The summed E-state index contributed by atoms with van der Waals surface area (Å²) in [4.78, 5) is 11.4. The predicted molar refractivity (Wildman–Crippen MR) is 77.1 cm³/mol. The zero-order valence-electron chi connectivity index (χ0n) is 11.5. The van der Waals surface area contributed by atoms with Crippen LogP contribution in [0.15, 0.2) is 16.5 Å². The van der Waals surface area contributed by atoms with Crippen molar-refractivity contribution in [2.24, 2.45) is 0 Å². The van der Waals surface area contributed by atoms with Gasteiger partial charge in [-0.2, -0.15) is 11.8 Å². The highest BCUT2D eigenvalue weighted by Gasteiger charge is 2.03. The van der Waals surface area contributed by atoms with Crippen LogP contribution in [0.1, 0.15) is 17.9 Å². The molecule has 0 saturated carbocycles. The number of nitrogens with one attached hydrogen (secondary N) is 2. The summed E-state index contributed by atoms with van der Waals surface area (Å²) in [6.45, 7) is 2.40. The van der Waals surface area contributed by atoms with Gasteiger partial charge >= 0.3 is 0 Å². The number of ether oxygens (including phenoxy) is 1. The monoisotopic (exact) mass is 286 g/mol. The highest BCUT2D eigenvalue weighted by molar-refractivity contribution is 7.97. The summed E-state index contributed by atoms with van der Waals surface area (Å²) in [6.07, 6.45) is 2.50. The van der Waals surface area contributed by atoms with Gasteiger partial charge in [-0.1, -0.05) is 0 Å². The number of hydrogen-bond donors (Lipinski definition) is 2. The molecule has 6 heteroatoms. The van der Waals surface area contributed by atoms with Crippen molar-refractivity contribution in [1.82, 2.24) is 10.6 Å². The van der Waals surface area contributed by atoms with E-state index in [0.717, 1.165) is 17.3 Å². The van der Waals surface area contributed by atoms with Gasteiger partial charge in [0.05, 0.1) is 18.9 Å². The van der Waals surface area contributed by atoms with Crippen molar-refractivity contribution in [2.45, 2.75) is 18.7 Å². The topological polar surface area (TPSA) is 63.5 Å². The van der Waals surface area contributed by atoms with E-state index in [0.29, 0.717) is 32.7 Å². The maximum Gasteiger partial charge on any atom is 0.221 e. The fraction of sp³-hybridized carbons (Fsp3) is 0.615. The van der Waals surface area contributed by atoms with Gasteiger partial charge in [0.15, 0.2) is 0 Å². The number of rotatable bonds is 10. The SMILES string of the molecule is COCCNC(=O)CCNCc1ccc(CSC)o1.